The highest BCUT2D eigenvalue weighted by molar-refractivity contribution is 6.33. The van der Waals surface area contributed by atoms with E-state index >= 15 is 0 Å². The van der Waals surface area contributed by atoms with Gasteiger partial charge in [-0.3, -0.25) is 5.43 Å². The van der Waals surface area contributed by atoms with Crippen LogP contribution in [0.4, 0.5) is 5.69 Å². The van der Waals surface area contributed by atoms with E-state index in [1.54, 1.807) is 0 Å². The Morgan fingerprint density at radius 1 is 1.38 bits per heavy atom. The first-order valence-electron chi connectivity index (χ1n) is 5.81. The molecule has 0 saturated heterocycles. The highest BCUT2D eigenvalue weighted by Gasteiger charge is 2.13. The molecular weight excluding hydrogens is 220 g/mol. The number of rotatable bonds is 2. The molecule has 0 aliphatic heterocycles. The summed E-state index contributed by atoms with van der Waals surface area (Å²) in [4.78, 5) is 0. The second kappa shape index (κ2) is 5.35. The summed E-state index contributed by atoms with van der Waals surface area (Å²) in [6.45, 7) is 2.28. The van der Waals surface area contributed by atoms with Crippen molar-refractivity contribution >= 4 is 23.0 Å². The van der Waals surface area contributed by atoms with Gasteiger partial charge in [-0.1, -0.05) is 30.7 Å². The van der Waals surface area contributed by atoms with Gasteiger partial charge in [-0.05, 0) is 43.7 Å². The Labute approximate surface area is 102 Å². The Morgan fingerprint density at radius 2 is 2.19 bits per heavy atom. The van der Waals surface area contributed by atoms with Crippen LogP contribution < -0.4 is 5.43 Å². The maximum atomic E-state index is 6.04. The third kappa shape index (κ3) is 2.99. The summed E-state index contributed by atoms with van der Waals surface area (Å²) in [5.41, 5.74) is 5.21. The minimum Gasteiger partial charge on any atom is -0.277 e. The molecule has 0 aromatic heterocycles. The number of hydrogen-bond donors (Lipinski definition) is 1. The lowest BCUT2D eigenvalue weighted by Crippen LogP contribution is -2.14. The third-order valence-corrected chi connectivity index (χ3v) is 3.28. The van der Waals surface area contributed by atoms with Crippen molar-refractivity contribution in [1.82, 2.24) is 0 Å². The van der Waals surface area contributed by atoms with Crippen molar-refractivity contribution in [2.75, 3.05) is 5.43 Å². The zero-order valence-corrected chi connectivity index (χ0v) is 10.3. The minimum atomic E-state index is 0.718. The van der Waals surface area contributed by atoms with Gasteiger partial charge in [-0.25, -0.2) is 0 Å². The molecule has 3 heteroatoms. The van der Waals surface area contributed by atoms with Crippen LogP contribution in [-0.2, 0) is 0 Å². The molecule has 1 aliphatic rings. The van der Waals surface area contributed by atoms with Gasteiger partial charge in [0.2, 0.25) is 0 Å². The fourth-order valence-electron chi connectivity index (χ4n) is 2.05. The first-order valence-corrected chi connectivity index (χ1v) is 6.19. The molecule has 86 valence electrons. The molecule has 2 nitrogen and oxygen atoms in total. The highest BCUT2D eigenvalue weighted by Crippen LogP contribution is 2.23. The third-order valence-electron chi connectivity index (χ3n) is 2.95. The van der Waals surface area contributed by atoms with Crippen molar-refractivity contribution in [1.29, 1.82) is 0 Å². The summed E-state index contributed by atoms with van der Waals surface area (Å²) in [6.07, 6.45) is 4.80. The molecular formula is C13H17ClN2. The molecule has 16 heavy (non-hydrogen) atoms. The monoisotopic (exact) mass is 236 g/mol. The standard InChI is InChI=1S/C13H17ClN2/c1-10-5-4-6-11(9-10)15-16-13-8-3-2-7-12(13)14/h2-3,7-8,10,16H,4-6,9H2,1H3/b15-11-/t10-/m1/s1. The Kier molecular flexibility index (Phi) is 3.83. The van der Waals surface area contributed by atoms with Crippen molar-refractivity contribution in [3.05, 3.63) is 29.3 Å². The van der Waals surface area contributed by atoms with E-state index in [0.29, 0.717) is 0 Å². The van der Waals surface area contributed by atoms with Crippen LogP contribution in [0.5, 0.6) is 0 Å². The van der Waals surface area contributed by atoms with Crippen LogP contribution in [0.2, 0.25) is 5.02 Å². The quantitative estimate of drug-likeness (QED) is 0.760. The number of hydrazone groups is 1. The van der Waals surface area contributed by atoms with E-state index < -0.39 is 0 Å². The van der Waals surface area contributed by atoms with Gasteiger partial charge in [0, 0.05) is 5.71 Å². The molecule has 0 spiro atoms. The molecule has 1 aliphatic carbocycles. The SMILES string of the molecule is C[C@@H]1CCC/C(=N/Nc2ccccc2Cl)C1. The molecule has 0 radical (unpaired) electrons. The molecule has 1 saturated carbocycles. The molecule has 1 aromatic rings. The van der Waals surface area contributed by atoms with Gasteiger partial charge in [0.25, 0.3) is 0 Å². The van der Waals surface area contributed by atoms with Crippen LogP contribution in [0, 0.1) is 5.92 Å². The summed E-state index contributed by atoms with van der Waals surface area (Å²) < 4.78 is 0. The number of halogens is 1. The van der Waals surface area contributed by atoms with Gasteiger partial charge >= 0.3 is 0 Å². The number of anilines is 1. The lowest BCUT2D eigenvalue weighted by Gasteiger charge is -2.19. The average molecular weight is 237 g/mol. The predicted molar refractivity (Wildman–Crippen MR) is 70.1 cm³/mol. The highest BCUT2D eigenvalue weighted by atomic mass is 35.5. The lowest BCUT2D eigenvalue weighted by molar-refractivity contribution is 0.500. The second-order valence-electron chi connectivity index (χ2n) is 4.47. The van der Waals surface area contributed by atoms with Gasteiger partial charge in [0.1, 0.15) is 0 Å². The van der Waals surface area contributed by atoms with Gasteiger partial charge in [0.15, 0.2) is 0 Å². The molecule has 0 bridgehead atoms. The normalized spacial score (nSPS) is 23.4. The minimum absolute atomic E-state index is 0.718. The topological polar surface area (TPSA) is 24.4 Å². The summed E-state index contributed by atoms with van der Waals surface area (Å²) in [5.74, 6) is 0.764. The van der Waals surface area contributed by atoms with Crippen LogP contribution in [0.15, 0.2) is 29.4 Å². The predicted octanol–water partition coefficient (Wildman–Crippen LogP) is 4.32. The van der Waals surface area contributed by atoms with Gasteiger partial charge in [0.05, 0.1) is 10.7 Å². The first kappa shape index (κ1) is 11.5. The molecule has 0 unspecified atom stereocenters. The van der Waals surface area contributed by atoms with E-state index in [2.05, 4.69) is 17.5 Å². The van der Waals surface area contributed by atoms with Gasteiger partial charge in [-0.2, -0.15) is 5.10 Å². The van der Waals surface area contributed by atoms with E-state index in [9.17, 15) is 0 Å². The molecule has 0 amide bonds. The van der Waals surface area contributed by atoms with Crippen molar-refractivity contribution < 1.29 is 0 Å². The number of benzene rings is 1. The van der Waals surface area contributed by atoms with E-state index in [1.165, 1.54) is 18.6 Å². The van der Waals surface area contributed by atoms with E-state index in [4.69, 9.17) is 11.6 Å². The van der Waals surface area contributed by atoms with Crippen LogP contribution in [0.3, 0.4) is 0 Å². The molecule has 0 heterocycles. The van der Waals surface area contributed by atoms with Crippen molar-refractivity contribution in [3.63, 3.8) is 0 Å². The number of hydrogen-bond acceptors (Lipinski definition) is 2. The molecule has 1 atom stereocenters. The molecule has 1 N–H and O–H groups in total. The second-order valence-corrected chi connectivity index (χ2v) is 4.88. The van der Waals surface area contributed by atoms with Crippen molar-refractivity contribution in [3.8, 4) is 0 Å². The fraction of sp³-hybridized carbons (Fsp3) is 0.462. The van der Waals surface area contributed by atoms with Crippen molar-refractivity contribution in [2.24, 2.45) is 11.0 Å². The van der Waals surface area contributed by atoms with Crippen LogP contribution in [-0.4, -0.2) is 5.71 Å². The largest absolute Gasteiger partial charge is 0.277 e. The number of nitrogens with zero attached hydrogens (tertiary/aromatic N) is 1. The van der Waals surface area contributed by atoms with Gasteiger partial charge < -0.3 is 0 Å². The van der Waals surface area contributed by atoms with Crippen LogP contribution in [0.1, 0.15) is 32.6 Å². The van der Waals surface area contributed by atoms with Crippen LogP contribution >= 0.6 is 11.6 Å². The summed E-state index contributed by atoms with van der Waals surface area (Å²) in [7, 11) is 0. The Bertz CT molecular complexity index is 387. The number of para-hydroxylation sites is 1. The summed E-state index contributed by atoms with van der Waals surface area (Å²) in [5, 5.41) is 5.17. The van der Waals surface area contributed by atoms with E-state index in [-0.39, 0.29) is 0 Å². The fourth-order valence-corrected chi connectivity index (χ4v) is 2.23. The van der Waals surface area contributed by atoms with Crippen LogP contribution in [0.25, 0.3) is 0 Å². The number of nitrogens with one attached hydrogen (secondary N) is 1. The average Bonchev–Trinajstić information content (AvgIpc) is 2.28. The van der Waals surface area contributed by atoms with E-state index in [0.717, 1.165) is 29.5 Å². The Hall–Kier alpha value is -1.02. The summed E-state index contributed by atoms with van der Waals surface area (Å²) >= 11 is 6.04. The lowest BCUT2D eigenvalue weighted by atomic mass is 9.89. The molecule has 2 rings (SSSR count). The Morgan fingerprint density at radius 3 is 2.94 bits per heavy atom. The van der Waals surface area contributed by atoms with Gasteiger partial charge in [-0.15, -0.1) is 0 Å². The molecule has 1 aromatic carbocycles. The summed E-state index contributed by atoms with van der Waals surface area (Å²) in [6, 6.07) is 7.69. The smallest absolute Gasteiger partial charge is 0.0748 e. The molecule has 1 fully saturated rings. The first-order chi connectivity index (χ1) is 7.75. The maximum absolute atomic E-state index is 6.04. The Balaban J connectivity index is 2.00. The zero-order chi connectivity index (χ0) is 11.4. The maximum Gasteiger partial charge on any atom is 0.0748 e. The van der Waals surface area contributed by atoms with Crippen molar-refractivity contribution in [2.45, 2.75) is 32.6 Å². The van der Waals surface area contributed by atoms with E-state index in [1.807, 2.05) is 24.3 Å². The zero-order valence-electron chi connectivity index (χ0n) is 9.54.